The van der Waals surface area contributed by atoms with E-state index in [1.807, 2.05) is 12.1 Å². The SMILES string of the molecule is CC(C)CC(C)CC(C)CC(C)CNc1ccc(C(=O)Oc2ccc(Cl)cc2)cc1. The molecule has 0 spiro atoms. The van der Waals surface area contributed by atoms with Crippen molar-refractivity contribution in [3.8, 4) is 5.75 Å². The Morgan fingerprint density at radius 1 is 0.833 bits per heavy atom. The lowest BCUT2D eigenvalue weighted by Gasteiger charge is -2.22. The number of hydrogen-bond acceptors (Lipinski definition) is 3. The molecule has 0 aliphatic rings. The molecule has 0 radical (unpaired) electrons. The van der Waals surface area contributed by atoms with E-state index in [-0.39, 0.29) is 5.97 Å². The maximum Gasteiger partial charge on any atom is 0.343 e. The van der Waals surface area contributed by atoms with Crippen LogP contribution in [0.5, 0.6) is 5.75 Å². The van der Waals surface area contributed by atoms with Gasteiger partial charge < -0.3 is 10.1 Å². The fourth-order valence-corrected chi connectivity index (χ4v) is 4.27. The number of halogens is 1. The Kier molecular flexibility index (Phi) is 9.71. The molecule has 0 fully saturated rings. The summed E-state index contributed by atoms with van der Waals surface area (Å²) in [5.74, 6) is 3.01. The van der Waals surface area contributed by atoms with Crippen molar-refractivity contribution in [3.05, 3.63) is 59.1 Å². The first-order chi connectivity index (χ1) is 14.2. The number of rotatable bonds is 11. The maximum atomic E-state index is 12.3. The van der Waals surface area contributed by atoms with Crippen molar-refractivity contribution in [2.75, 3.05) is 11.9 Å². The third-order valence-electron chi connectivity index (χ3n) is 5.28. The van der Waals surface area contributed by atoms with Crippen LogP contribution in [0.3, 0.4) is 0 Å². The highest BCUT2D eigenvalue weighted by molar-refractivity contribution is 6.30. The molecule has 2 rings (SSSR count). The number of carbonyl (C=O) groups excluding carboxylic acids is 1. The molecular formula is C26H36ClNO2. The summed E-state index contributed by atoms with van der Waals surface area (Å²) >= 11 is 5.85. The van der Waals surface area contributed by atoms with E-state index in [4.69, 9.17) is 16.3 Å². The molecule has 0 saturated carbocycles. The van der Waals surface area contributed by atoms with Crippen LogP contribution in [-0.2, 0) is 0 Å². The Balaban J connectivity index is 1.77. The molecule has 0 bridgehead atoms. The molecule has 0 aromatic heterocycles. The van der Waals surface area contributed by atoms with Gasteiger partial charge in [-0.2, -0.15) is 0 Å². The quantitative estimate of drug-likeness (QED) is 0.293. The zero-order valence-electron chi connectivity index (χ0n) is 19.0. The summed E-state index contributed by atoms with van der Waals surface area (Å²) < 4.78 is 5.37. The monoisotopic (exact) mass is 429 g/mol. The second-order valence-electron chi connectivity index (χ2n) is 9.22. The lowest BCUT2D eigenvalue weighted by Crippen LogP contribution is -2.16. The first-order valence-electron chi connectivity index (χ1n) is 11.0. The molecule has 0 aliphatic heterocycles. The third-order valence-corrected chi connectivity index (χ3v) is 5.53. The van der Waals surface area contributed by atoms with Crippen LogP contribution >= 0.6 is 11.6 Å². The van der Waals surface area contributed by atoms with Crippen LogP contribution in [0.25, 0.3) is 0 Å². The predicted octanol–water partition coefficient (Wildman–Crippen LogP) is 7.71. The zero-order valence-corrected chi connectivity index (χ0v) is 19.7. The maximum absolute atomic E-state index is 12.3. The third kappa shape index (κ3) is 8.79. The number of benzene rings is 2. The summed E-state index contributed by atoms with van der Waals surface area (Å²) in [6.45, 7) is 12.6. The molecule has 3 nitrogen and oxygen atoms in total. The molecule has 30 heavy (non-hydrogen) atoms. The van der Waals surface area contributed by atoms with Gasteiger partial charge in [-0.25, -0.2) is 4.79 Å². The van der Waals surface area contributed by atoms with Gasteiger partial charge in [-0.3, -0.25) is 0 Å². The van der Waals surface area contributed by atoms with Gasteiger partial charge in [-0.05, 0) is 91.5 Å². The number of ether oxygens (including phenoxy) is 1. The van der Waals surface area contributed by atoms with Gasteiger partial charge in [0.2, 0.25) is 0 Å². The molecular weight excluding hydrogens is 394 g/mol. The molecule has 3 unspecified atom stereocenters. The molecule has 0 saturated heterocycles. The fourth-order valence-electron chi connectivity index (χ4n) is 4.14. The van der Waals surface area contributed by atoms with E-state index in [1.165, 1.54) is 19.3 Å². The highest BCUT2D eigenvalue weighted by Gasteiger charge is 2.14. The number of carbonyl (C=O) groups is 1. The number of nitrogens with one attached hydrogen (secondary N) is 1. The fraction of sp³-hybridized carbons (Fsp3) is 0.500. The first kappa shape index (κ1) is 24.3. The van der Waals surface area contributed by atoms with Gasteiger partial charge in [0, 0.05) is 17.3 Å². The van der Waals surface area contributed by atoms with Crippen LogP contribution in [0.15, 0.2) is 48.5 Å². The largest absolute Gasteiger partial charge is 0.423 e. The van der Waals surface area contributed by atoms with Crippen LogP contribution in [0.4, 0.5) is 5.69 Å². The summed E-state index contributed by atoms with van der Waals surface area (Å²) in [4.78, 5) is 12.3. The molecule has 2 aromatic rings. The smallest absolute Gasteiger partial charge is 0.343 e. The van der Waals surface area contributed by atoms with Gasteiger partial charge in [0.15, 0.2) is 0 Å². The van der Waals surface area contributed by atoms with E-state index in [0.29, 0.717) is 22.3 Å². The Bertz CT molecular complexity index is 771. The second kappa shape index (κ2) is 12.0. The lowest BCUT2D eigenvalue weighted by atomic mass is 9.86. The van der Waals surface area contributed by atoms with Crippen molar-refractivity contribution in [2.45, 2.75) is 53.9 Å². The predicted molar refractivity (Wildman–Crippen MR) is 128 cm³/mol. The molecule has 0 heterocycles. The van der Waals surface area contributed by atoms with Crippen molar-refractivity contribution in [2.24, 2.45) is 23.7 Å². The lowest BCUT2D eigenvalue weighted by molar-refractivity contribution is 0.0735. The molecule has 0 aliphatic carbocycles. The number of esters is 1. The topological polar surface area (TPSA) is 38.3 Å². The minimum Gasteiger partial charge on any atom is -0.423 e. The van der Waals surface area contributed by atoms with E-state index in [1.54, 1.807) is 36.4 Å². The highest BCUT2D eigenvalue weighted by atomic mass is 35.5. The van der Waals surface area contributed by atoms with Gasteiger partial charge in [0.25, 0.3) is 0 Å². The Labute approximate surface area is 187 Å². The average molecular weight is 430 g/mol. The van der Waals surface area contributed by atoms with E-state index in [2.05, 4.69) is 39.9 Å². The summed E-state index contributed by atoms with van der Waals surface area (Å²) in [6, 6.07) is 14.2. The molecule has 1 N–H and O–H groups in total. The Morgan fingerprint density at radius 2 is 1.40 bits per heavy atom. The second-order valence-corrected chi connectivity index (χ2v) is 9.65. The van der Waals surface area contributed by atoms with Crippen molar-refractivity contribution >= 4 is 23.3 Å². The van der Waals surface area contributed by atoms with E-state index >= 15 is 0 Å². The summed E-state index contributed by atoms with van der Waals surface area (Å²) in [5, 5.41) is 4.10. The molecule has 0 amide bonds. The number of hydrogen-bond donors (Lipinski definition) is 1. The number of anilines is 1. The molecule has 4 heteroatoms. The van der Waals surface area contributed by atoms with Gasteiger partial charge >= 0.3 is 5.97 Å². The van der Waals surface area contributed by atoms with Crippen LogP contribution < -0.4 is 10.1 Å². The molecule has 164 valence electrons. The molecule has 2 aromatic carbocycles. The van der Waals surface area contributed by atoms with Crippen LogP contribution in [0, 0.1) is 23.7 Å². The van der Waals surface area contributed by atoms with Crippen LogP contribution in [-0.4, -0.2) is 12.5 Å². The van der Waals surface area contributed by atoms with Gasteiger partial charge in [0.05, 0.1) is 5.56 Å². The Hall–Kier alpha value is -2.00. The minimum absolute atomic E-state index is 0.374. The Morgan fingerprint density at radius 3 is 2.00 bits per heavy atom. The minimum atomic E-state index is -0.374. The standard InChI is InChI=1S/C26H36ClNO2/c1-18(2)14-19(3)15-20(4)16-21(5)17-28-24-10-6-22(7-11-24)26(29)30-25-12-8-23(27)9-13-25/h6-13,18-21,28H,14-17H2,1-5H3. The van der Waals surface area contributed by atoms with E-state index < -0.39 is 0 Å². The molecule has 3 atom stereocenters. The normalized spacial score (nSPS) is 14.2. The van der Waals surface area contributed by atoms with Crippen molar-refractivity contribution in [1.82, 2.24) is 0 Å². The first-order valence-corrected chi connectivity index (χ1v) is 11.4. The summed E-state index contributed by atoms with van der Waals surface area (Å²) in [6.07, 6.45) is 3.83. The van der Waals surface area contributed by atoms with Crippen LogP contribution in [0.1, 0.15) is 64.2 Å². The average Bonchev–Trinajstić information content (AvgIpc) is 2.67. The van der Waals surface area contributed by atoms with E-state index in [0.717, 1.165) is 30.0 Å². The van der Waals surface area contributed by atoms with Gasteiger partial charge in [-0.15, -0.1) is 0 Å². The highest BCUT2D eigenvalue weighted by Crippen LogP contribution is 2.24. The van der Waals surface area contributed by atoms with Gasteiger partial charge in [0.1, 0.15) is 5.75 Å². The van der Waals surface area contributed by atoms with Crippen LogP contribution in [0.2, 0.25) is 5.02 Å². The zero-order chi connectivity index (χ0) is 22.1. The van der Waals surface area contributed by atoms with Gasteiger partial charge in [-0.1, -0.05) is 46.2 Å². The van der Waals surface area contributed by atoms with Crippen molar-refractivity contribution in [3.63, 3.8) is 0 Å². The van der Waals surface area contributed by atoms with Crippen molar-refractivity contribution < 1.29 is 9.53 Å². The summed E-state index contributed by atoms with van der Waals surface area (Å²) in [7, 11) is 0. The summed E-state index contributed by atoms with van der Waals surface area (Å²) in [5.41, 5.74) is 1.54. The van der Waals surface area contributed by atoms with Crippen molar-refractivity contribution in [1.29, 1.82) is 0 Å². The van der Waals surface area contributed by atoms with E-state index in [9.17, 15) is 4.79 Å².